The number of rotatable bonds is 6. The van der Waals surface area contributed by atoms with Gasteiger partial charge in [-0.2, -0.15) is 0 Å². The molecular formula is C48H33N. The first-order valence-corrected chi connectivity index (χ1v) is 16.9. The molecule has 1 heteroatoms. The van der Waals surface area contributed by atoms with Crippen molar-refractivity contribution in [3.63, 3.8) is 0 Å². The first kappa shape index (κ1) is 28.8. The van der Waals surface area contributed by atoms with Gasteiger partial charge in [0.25, 0.3) is 0 Å². The second kappa shape index (κ2) is 12.3. The Morgan fingerprint density at radius 2 is 0.796 bits per heavy atom. The summed E-state index contributed by atoms with van der Waals surface area (Å²) in [6, 6.07) is 72.4. The molecule has 0 atom stereocenters. The highest BCUT2D eigenvalue weighted by Crippen LogP contribution is 2.44. The molecule has 0 aliphatic rings. The summed E-state index contributed by atoms with van der Waals surface area (Å²) in [6.45, 7) is 0. The number of hydrogen-bond donors (Lipinski definition) is 0. The van der Waals surface area contributed by atoms with E-state index in [1.807, 2.05) is 0 Å². The van der Waals surface area contributed by atoms with E-state index in [4.69, 9.17) is 0 Å². The highest BCUT2D eigenvalue weighted by atomic mass is 15.1. The molecule has 0 N–H and O–H groups in total. The van der Waals surface area contributed by atoms with Crippen LogP contribution in [0.15, 0.2) is 200 Å². The third-order valence-electron chi connectivity index (χ3n) is 9.65. The standard InChI is InChI=1S/C48H33N/c1-4-14-34(15-5-1)38-27-31-48(46(32-38)35-16-6-2-7-17-35)49(39-19-8-3-9-20-39)40-28-24-37(25-29-40)45-33-47-41-21-11-10-18-36(41)26-30-44(47)42-22-12-13-23-43(42)45/h1-33H. The summed E-state index contributed by atoms with van der Waals surface area (Å²) in [5.41, 5.74) is 10.6. The van der Waals surface area contributed by atoms with Gasteiger partial charge in [0.05, 0.1) is 5.69 Å². The molecule has 230 valence electrons. The zero-order chi connectivity index (χ0) is 32.6. The average molecular weight is 624 g/mol. The second-order valence-electron chi connectivity index (χ2n) is 12.5. The minimum atomic E-state index is 1.11. The molecule has 9 aromatic carbocycles. The van der Waals surface area contributed by atoms with Gasteiger partial charge in [-0.25, -0.2) is 0 Å². The minimum absolute atomic E-state index is 1.11. The number of benzene rings is 9. The first-order valence-electron chi connectivity index (χ1n) is 16.9. The molecule has 1 nitrogen and oxygen atoms in total. The molecule has 9 aromatic rings. The molecule has 0 spiro atoms. The van der Waals surface area contributed by atoms with Gasteiger partial charge in [-0.15, -0.1) is 0 Å². The van der Waals surface area contributed by atoms with Gasteiger partial charge < -0.3 is 4.90 Å². The number of hydrogen-bond acceptors (Lipinski definition) is 1. The van der Waals surface area contributed by atoms with Crippen LogP contribution < -0.4 is 4.90 Å². The Balaban J connectivity index is 1.22. The Morgan fingerprint density at radius 1 is 0.265 bits per heavy atom. The Bertz CT molecular complexity index is 2570. The Kier molecular flexibility index (Phi) is 7.22. The van der Waals surface area contributed by atoms with E-state index in [1.54, 1.807) is 0 Å². The van der Waals surface area contributed by atoms with E-state index >= 15 is 0 Å². The quantitative estimate of drug-likeness (QED) is 0.167. The van der Waals surface area contributed by atoms with Crippen molar-refractivity contribution in [2.45, 2.75) is 0 Å². The van der Waals surface area contributed by atoms with Crippen molar-refractivity contribution in [3.8, 4) is 33.4 Å². The highest BCUT2D eigenvalue weighted by Gasteiger charge is 2.19. The molecule has 0 fully saturated rings. The maximum atomic E-state index is 2.39. The molecule has 0 amide bonds. The van der Waals surface area contributed by atoms with Crippen LogP contribution in [0, 0.1) is 0 Å². The highest BCUT2D eigenvalue weighted by molar-refractivity contribution is 6.21. The second-order valence-corrected chi connectivity index (χ2v) is 12.5. The lowest BCUT2D eigenvalue weighted by Gasteiger charge is -2.28. The van der Waals surface area contributed by atoms with Crippen LogP contribution in [-0.2, 0) is 0 Å². The van der Waals surface area contributed by atoms with Crippen LogP contribution in [0.4, 0.5) is 17.1 Å². The number of para-hydroxylation sites is 1. The fourth-order valence-electron chi connectivity index (χ4n) is 7.28. The molecule has 0 aliphatic carbocycles. The van der Waals surface area contributed by atoms with Crippen molar-refractivity contribution in [1.82, 2.24) is 0 Å². The van der Waals surface area contributed by atoms with Gasteiger partial charge >= 0.3 is 0 Å². The molecule has 0 bridgehead atoms. The van der Waals surface area contributed by atoms with E-state index in [9.17, 15) is 0 Å². The molecule has 0 heterocycles. The van der Waals surface area contributed by atoms with E-state index in [1.165, 1.54) is 65.7 Å². The van der Waals surface area contributed by atoms with Gasteiger partial charge in [-0.3, -0.25) is 0 Å². The van der Waals surface area contributed by atoms with E-state index in [0.717, 1.165) is 17.1 Å². The van der Waals surface area contributed by atoms with Crippen LogP contribution in [0.2, 0.25) is 0 Å². The Labute approximate surface area is 287 Å². The summed E-state index contributed by atoms with van der Waals surface area (Å²) < 4.78 is 0. The van der Waals surface area contributed by atoms with Gasteiger partial charge in [0.1, 0.15) is 0 Å². The molecule has 0 unspecified atom stereocenters. The summed E-state index contributed by atoms with van der Waals surface area (Å²) in [7, 11) is 0. The first-order chi connectivity index (χ1) is 24.3. The predicted octanol–water partition coefficient (Wildman–Crippen LogP) is 13.6. The average Bonchev–Trinajstić information content (AvgIpc) is 3.19. The van der Waals surface area contributed by atoms with Crippen molar-refractivity contribution >= 4 is 49.4 Å². The monoisotopic (exact) mass is 623 g/mol. The summed E-state index contributed by atoms with van der Waals surface area (Å²) in [4.78, 5) is 2.38. The van der Waals surface area contributed by atoms with Crippen molar-refractivity contribution in [1.29, 1.82) is 0 Å². The lowest BCUT2D eigenvalue weighted by atomic mass is 9.91. The minimum Gasteiger partial charge on any atom is -0.310 e. The van der Waals surface area contributed by atoms with E-state index in [2.05, 4.69) is 205 Å². The SMILES string of the molecule is c1ccc(-c2ccc(N(c3ccccc3)c3ccc(-c4cc5c6ccccc6ccc5c5ccccc45)cc3)c(-c3ccccc3)c2)cc1. The van der Waals surface area contributed by atoms with Gasteiger partial charge in [-0.1, -0.05) is 158 Å². The topological polar surface area (TPSA) is 3.24 Å². The maximum Gasteiger partial charge on any atom is 0.0540 e. The van der Waals surface area contributed by atoms with E-state index in [-0.39, 0.29) is 0 Å². The lowest BCUT2D eigenvalue weighted by molar-refractivity contribution is 1.28. The molecule has 0 saturated heterocycles. The number of nitrogens with zero attached hydrogens (tertiary/aromatic N) is 1. The normalized spacial score (nSPS) is 11.3. The van der Waals surface area contributed by atoms with E-state index in [0.29, 0.717) is 0 Å². The van der Waals surface area contributed by atoms with Crippen LogP contribution in [0.3, 0.4) is 0 Å². The predicted molar refractivity (Wildman–Crippen MR) is 210 cm³/mol. The molecule has 9 rings (SSSR count). The van der Waals surface area contributed by atoms with Gasteiger partial charge in [0.2, 0.25) is 0 Å². The molecule has 0 aromatic heterocycles. The largest absolute Gasteiger partial charge is 0.310 e. The lowest BCUT2D eigenvalue weighted by Crippen LogP contribution is -2.11. The number of fused-ring (bicyclic) bond motifs is 5. The summed E-state index contributed by atoms with van der Waals surface area (Å²) >= 11 is 0. The molecule has 0 saturated carbocycles. The van der Waals surface area contributed by atoms with E-state index < -0.39 is 0 Å². The van der Waals surface area contributed by atoms with Gasteiger partial charge in [0.15, 0.2) is 0 Å². The van der Waals surface area contributed by atoms with Crippen LogP contribution in [0.5, 0.6) is 0 Å². The summed E-state index contributed by atoms with van der Waals surface area (Å²) in [5, 5.41) is 7.66. The third-order valence-corrected chi connectivity index (χ3v) is 9.65. The van der Waals surface area contributed by atoms with Crippen LogP contribution in [-0.4, -0.2) is 0 Å². The van der Waals surface area contributed by atoms with Crippen LogP contribution in [0.25, 0.3) is 65.7 Å². The van der Waals surface area contributed by atoms with Gasteiger partial charge in [-0.05, 0) is 103 Å². The van der Waals surface area contributed by atoms with Gasteiger partial charge in [0, 0.05) is 16.9 Å². The number of anilines is 3. The molecule has 49 heavy (non-hydrogen) atoms. The molecular weight excluding hydrogens is 591 g/mol. The Hall–Kier alpha value is -6.44. The van der Waals surface area contributed by atoms with Crippen molar-refractivity contribution < 1.29 is 0 Å². The zero-order valence-corrected chi connectivity index (χ0v) is 27.0. The van der Waals surface area contributed by atoms with Crippen LogP contribution >= 0.6 is 0 Å². The fourth-order valence-corrected chi connectivity index (χ4v) is 7.28. The fraction of sp³-hybridized carbons (Fsp3) is 0. The smallest absolute Gasteiger partial charge is 0.0540 e. The van der Waals surface area contributed by atoms with Crippen molar-refractivity contribution in [2.75, 3.05) is 4.90 Å². The third kappa shape index (κ3) is 5.23. The van der Waals surface area contributed by atoms with Crippen molar-refractivity contribution in [3.05, 3.63) is 200 Å². The summed E-state index contributed by atoms with van der Waals surface area (Å²) in [6.07, 6.45) is 0. The molecule has 0 aliphatic heterocycles. The maximum absolute atomic E-state index is 2.39. The van der Waals surface area contributed by atoms with Crippen molar-refractivity contribution in [2.24, 2.45) is 0 Å². The Morgan fingerprint density at radius 3 is 1.53 bits per heavy atom. The zero-order valence-electron chi connectivity index (χ0n) is 27.0. The molecule has 0 radical (unpaired) electrons. The summed E-state index contributed by atoms with van der Waals surface area (Å²) in [5.74, 6) is 0. The van der Waals surface area contributed by atoms with Crippen LogP contribution in [0.1, 0.15) is 0 Å².